The molecular weight excluding hydrogens is 244 g/mol. The van der Waals surface area contributed by atoms with E-state index in [0.717, 1.165) is 0 Å². The summed E-state index contributed by atoms with van der Waals surface area (Å²) in [5, 5.41) is 5.69. The standard InChI is InChI=1S/C14H16N2O3/c1-8(9-2-3-9)15-14(18)10-4-5-11-12(6-10)19-7-13(17)16-11/h4-6,8-9H,2-3,7H2,1H3,(H,15,18)(H,16,17). The smallest absolute Gasteiger partial charge is 0.262 e. The van der Waals surface area contributed by atoms with Gasteiger partial charge in [0.15, 0.2) is 6.61 Å². The van der Waals surface area contributed by atoms with Crippen LogP contribution in [-0.2, 0) is 4.79 Å². The molecular formula is C14H16N2O3. The van der Waals surface area contributed by atoms with Crippen LogP contribution in [0.15, 0.2) is 18.2 Å². The third-order valence-electron chi connectivity index (χ3n) is 3.56. The van der Waals surface area contributed by atoms with Crippen molar-refractivity contribution in [3.05, 3.63) is 23.8 Å². The predicted molar refractivity (Wildman–Crippen MR) is 70.2 cm³/mol. The van der Waals surface area contributed by atoms with Crippen LogP contribution in [-0.4, -0.2) is 24.5 Å². The molecule has 100 valence electrons. The van der Waals surface area contributed by atoms with Crippen molar-refractivity contribution in [1.82, 2.24) is 5.32 Å². The van der Waals surface area contributed by atoms with E-state index < -0.39 is 0 Å². The number of nitrogens with one attached hydrogen (secondary N) is 2. The van der Waals surface area contributed by atoms with Gasteiger partial charge in [-0.2, -0.15) is 0 Å². The SMILES string of the molecule is CC(NC(=O)c1ccc2c(c1)OCC(=O)N2)C1CC1. The zero-order valence-electron chi connectivity index (χ0n) is 10.7. The molecule has 0 bridgehead atoms. The Morgan fingerprint density at radius 1 is 1.47 bits per heavy atom. The van der Waals surface area contributed by atoms with E-state index in [-0.39, 0.29) is 24.5 Å². The van der Waals surface area contributed by atoms with Crippen molar-refractivity contribution in [2.75, 3.05) is 11.9 Å². The van der Waals surface area contributed by atoms with Gasteiger partial charge in [0.2, 0.25) is 0 Å². The lowest BCUT2D eigenvalue weighted by atomic mass is 10.1. The summed E-state index contributed by atoms with van der Waals surface area (Å²) in [6.07, 6.45) is 2.39. The molecule has 1 aliphatic carbocycles. The van der Waals surface area contributed by atoms with Crippen LogP contribution in [0.5, 0.6) is 5.75 Å². The van der Waals surface area contributed by atoms with Gasteiger partial charge in [0.1, 0.15) is 5.75 Å². The number of ether oxygens (including phenoxy) is 1. The first-order valence-electron chi connectivity index (χ1n) is 6.51. The van der Waals surface area contributed by atoms with Gasteiger partial charge in [-0.05, 0) is 43.9 Å². The van der Waals surface area contributed by atoms with Crippen LogP contribution in [0.25, 0.3) is 0 Å². The summed E-state index contributed by atoms with van der Waals surface area (Å²) in [4.78, 5) is 23.2. The van der Waals surface area contributed by atoms with Crippen molar-refractivity contribution in [3.63, 3.8) is 0 Å². The summed E-state index contributed by atoms with van der Waals surface area (Å²) in [6, 6.07) is 5.28. The maximum Gasteiger partial charge on any atom is 0.262 e. The summed E-state index contributed by atoms with van der Waals surface area (Å²) >= 11 is 0. The highest BCUT2D eigenvalue weighted by molar-refractivity contribution is 5.99. The molecule has 1 aliphatic heterocycles. The summed E-state index contributed by atoms with van der Waals surface area (Å²) in [5.74, 6) is 0.901. The van der Waals surface area contributed by atoms with E-state index in [4.69, 9.17) is 4.74 Å². The Balaban J connectivity index is 1.74. The minimum absolute atomic E-state index is 0.00342. The Kier molecular flexibility index (Phi) is 2.89. The number of carbonyl (C=O) groups excluding carboxylic acids is 2. The van der Waals surface area contributed by atoms with Gasteiger partial charge < -0.3 is 15.4 Å². The van der Waals surface area contributed by atoms with Crippen LogP contribution in [0.2, 0.25) is 0 Å². The quantitative estimate of drug-likeness (QED) is 0.866. The average molecular weight is 260 g/mol. The number of fused-ring (bicyclic) bond motifs is 1. The maximum atomic E-state index is 12.1. The zero-order chi connectivity index (χ0) is 13.4. The van der Waals surface area contributed by atoms with Gasteiger partial charge in [-0.3, -0.25) is 9.59 Å². The maximum absolute atomic E-state index is 12.1. The van der Waals surface area contributed by atoms with Crippen molar-refractivity contribution in [1.29, 1.82) is 0 Å². The number of carbonyl (C=O) groups is 2. The van der Waals surface area contributed by atoms with Gasteiger partial charge in [0.25, 0.3) is 11.8 Å². The monoisotopic (exact) mass is 260 g/mol. The van der Waals surface area contributed by atoms with Crippen molar-refractivity contribution < 1.29 is 14.3 Å². The molecule has 1 fully saturated rings. The van der Waals surface area contributed by atoms with Crippen LogP contribution in [0.3, 0.4) is 0 Å². The van der Waals surface area contributed by atoms with E-state index in [0.29, 0.717) is 22.9 Å². The Morgan fingerprint density at radius 2 is 2.26 bits per heavy atom. The molecule has 2 N–H and O–H groups in total. The Hall–Kier alpha value is -2.04. The first-order chi connectivity index (χ1) is 9.13. The molecule has 3 rings (SSSR count). The third kappa shape index (κ3) is 2.54. The van der Waals surface area contributed by atoms with Crippen molar-refractivity contribution in [2.45, 2.75) is 25.8 Å². The second-order valence-electron chi connectivity index (χ2n) is 5.15. The summed E-state index contributed by atoms with van der Waals surface area (Å²) in [7, 11) is 0. The van der Waals surface area contributed by atoms with Gasteiger partial charge >= 0.3 is 0 Å². The number of anilines is 1. The van der Waals surface area contributed by atoms with Crippen LogP contribution in [0.1, 0.15) is 30.1 Å². The molecule has 2 amide bonds. The van der Waals surface area contributed by atoms with Crippen molar-refractivity contribution >= 4 is 17.5 Å². The zero-order valence-corrected chi connectivity index (χ0v) is 10.7. The predicted octanol–water partition coefficient (Wildman–Crippen LogP) is 1.55. The summed E-state index contributed by atoms with van der Waals surface area (Å²) in [6.45, 7) is 2.03. The largest absolute Gasteiger partial charge is 0.482 e. The number of amides is 2. The lowest BCUT2D eigenvalue weighted by Gasteiger charge is -2.19. The molecule has 0 radical (unpaired) electrons. The van der Waals surface area contributed by atoms with Gasteiger partial charge in [0, 0.05) is 11.6 Å². The average Bonchev–Trinajstić information content (AvgIpc) is 3.22. The van der Waals surface area contributed by atoms with Gasteiger partial charge in [-0.1, -0.05) is 0 Å². The Morgan fingerprint density at radius 3 is 3.00 bits per heavy atom. The van der Waals surface area contributed by atoms with E-state index in [2.05, 4.69) is 10.6 Å². The molecule has 1 aromatic carbocycles. The summed E-state index contributed by atoms with van der Waals surface area (Å²) in [5.41, 5.74) is 1.17. The number of rotatable bonds is 3. The van der Waals surface area contributed by atoms with Crippen LogP contribution in [0, 0.1) is 5.92 Å². The second kappa shape index (κ2) is 4.57. The highest BCUT2D eigenvalue weighted by Crippen LogP contribution is 2.33. The first kappa shape index (κ1) is 12.0. The van der Waals surface area contributed by atoms with Crippen LogP contribution < -0.4 is 15.4 Å². The molecule has 0 aromatic heterocycles. The van der Waals surface area contributed by atoms with Gasteiger partial charge in [0.05, 0.1) is 5.69 Å². The van der Waals surface area contributed by atoms with E-state index in [1.165, 1.54) is 12.8 Å². The normalized spacial score (nSPS) is 18.9. The fraction of sp³-hybridized carbons (Fsp3) is 0.429. The fourth-order valence-corrected chi connectivity index (χ4v) is 2.22. The van der Waals surface area contributed by atoms with Crippen LogP contribution >= 0.6 is 0 Å². The molecule has 1 heterocycles. The second-order valence-corrected chi connectivity index (χ2v) is 5.15. The lowest BCUT2D eigenvalue weighted by molar-refractivity contribution is -0.118. The highest BCUT2D eigenvalue weighted by Gasteiger charge is 2.29. The molecule has 5 heteroatoms. The molecule has 1 saturated carbocycles. The molecule has 2 aliphatic rings. The molecule has 1 aromatic rings. The number of hydrogen-bond donors (Lipinski definition) is 2. The van der Waals surface area contributed by atoms with E-state index in [1.807, 2.05) is 6.92 Å². The minimum Gasteiger partial charge on any atom is -0.482 e. The Bertz CT molecular complexity index is 537. The third-order valence-corrected chi connectivity index (χ3v) is 3.56. The van der Waals surface area contributed by atoms with Crippen molar-refractivity contribution in [2.24, 2.45) is 5.92 Å². The molecule has 0 saturated heterocycles. The van der Waals surface area contributed by atoms with Crippen molar-refractivity contribution in [3.8, 4) is 5.75 Å². The molecule has 1 atom stereocenters. The minimum atomic E-state index is -0.174. The molecule has 5 nitrogen and oxygen atoms in total. The van der Waals surface area contributed by atoms with E-state index in [1.54, 1.807) is 18.2 Å². The number of hydrogen-bond acceptors (Lipinski definition) is 3. The molecule has 1 unspecified atom stereocenters. The lowest BCUT2D eigenvalue weighted by Crippen LogP contribution is -2.34. The number of benzene rings is 1. The van der Waals surface area contributed by atoms with Gasteiger partial charge in [-0.25, -0.2) is 0 Å². The Labute approximate surface area is 111 Å². The van der Waals surface area contributed by atoms with E-state index >= 15 is 0 Å². The highest BCUT2D eigenvalue weighted by atomic mass is 16.5. The first-order valence-corrected chi connectivity index (χ1v) is 6.51. The summed E-state index contributed by atoms with van der Waals surface area (Å²) < 4.78 is 5.30. The molecule has 0 spiro atoms. The fourth-order valence-electron chi connectivity index (χ4n) is 2.22. The van der Waals surface area contributed by atoms with Gasteiger partial charge in [-0.15, -0.1) is 0 Å². The topological polar surface area (TPSA) is 67.4 Å². The molecule has 19 heavy (non-hydrogen) atoms. The van der Waals surface area contributed by atoms with Crippen LogP contribution in [0.4, 0.5) is 5.69 Å². The van der Waals surface area contributed by atoms with E-state index in [9.17, 15) is 9.59 Å².